The van der Waals surface area contributed by atoms with E-state index in [1.54, 1.807) is 12.1 Å². The monoisotopic (exact) mass is 433 g/mol. The van der Waals surface area contributed by atoms with Crippen molar-refractivity contribution in [3.63, 3.8) is 0 Å². The van der Waals surface area contributed by atoms with Crippen molar-refractivity contribution < 1.29 is 15.0 Å². The molecule has 0 bridgehead atoms. The van der Waals surface area contributed by atoms with E-state index in [-0.39, 0.29) is 5.91 Å². The van der Waals surface area contributed by atoms with Gasteiger partial charge in [-0.2, -0.15) is 0 Å². The highest BCUT2D eigenvalue weighted by atomic mass is 16.3. The first kappa shape index (κ1) is 21.4. The summed E-state index contributed by atoms with van der Waals surface area (Å²) in [6.45, 7) is 1.76. The second kappa shape index (κ2) is 9.17. The van der Waals surface area contributed by atoms with Gasteiger partial charge in [-0.1, -0.05) is 31.0 Å². The van der Waals surface area contributed by atoms with Gasteiger partial charge in [0.15, 0.2) is 0 Å². The molecule has 170 valence electrons. The molecule has 0 aromatic heterocycles. The van der Waals surface area contributed by atoms with Gasteiger partial charge in [0.05, 0.1) is 0 Å². The highest BCUT2D eigenvalue weighted by Gasteiger charge is 2.39. The maximum absolute atomic E-state index is 12.6. The van der Waals surface area contributed by atoms with Crippen LogP contribution in [0.1, 0.15) is 85.5 Å². The van der Waals surface area contributed by atoms with Gasteiger partial charge in [0.1, 0.15) is 11.5 Å². The second-order valence-corrected chi connectivity index (χ2v) is 10.1. The number of rotatable bonds is 4. The third-order valence-electron chi connectivity index (χ3n) is 8.15. The molecule has 4 heteroatoms. The van der Waals surface area contributed by atoms with E-state index in [9.17, 15) is 15.0 Å². The molecule has 2 aliphatic carbocycles. The van der Waals surface area contributed by atoms with Crippen LogP contribution in [0.15, 0.2) is 36.4 Å². The number of amides is 1. The fourth-order valence-electron chi connectivity index (χ4n) is 6.47. The zero-order chi connectivity index (χ0) is 22.1. The van der Waals surface area contributed by atoms with E-state index in [2.05, 4.69) is 18.2 Å². The van der Waals surface area contributed by atoms with Crippen molar-refractivity contribution in [1.29, 1.82) is 0 Å². The van der Waals surface area contributed by atoms with E-state index >= 15 is 0 Å². The maximum atomic E-state index is 12.6. The lowest BCUT2D eigenvalue weighted by atomic mass is 9.61. The predicted octanol–water partition coefficient (Wildman–Crippen LogP) is 5.66. The van der Waals surface area contributed by atoms with Crippen LogP contribution < -0.4 is 0 Å². The fraction of sp³-hybridized carbons (Fsp3) is 0.536. The van der Waals surface area contributed by atoms with Crippen molar-refractivity contribution in [2.24, 2.45) is 5.92 Å². The Labute approximate surface area is 191 Å². The van der Waals surface area contributed by atoms with Gasteiger partial charge in [-0.15, -0.1) is 0 Å². The summed E-state index contributed by atoms with van der Waals surface area (Å²) in [7, 11) is 0. The molecule has 1 amide bonds. The number of carbonyl (C=O) groups excluding carboxylic acids is 1. The molecule has 4 nitrogen and oxygen atoms in total. The lowest BCUT2D eigenvalue weighted by Crippen LogP contribution is -2.35. The van der Waals surface area contributed by atoms with Crippen LogP contribution in [0.4, 0.5) is 0 Å². The van der Waals surface area contributed by atoms with Gasteiger partial charge in [0.25, 0.3) is 0 Å². The summed E-state index contributed by atoms with van der Waals surface area (Å²) >= 11 is 0. The number of hydrogen-bond donors (Lipinski definition) is 2. The molecular weight excluding hydrogens is 398 g/mol. The average Bonchev–Trinajstić information content (AvgIpc) is 2.83. The minimum Gasteiger partial charge on any atom is -0.508 e. The van der Waals surface area contributed by atoms with Crippen LogP contribution in [-0.2, 0) is 17.6 Å². The normalized spacial score (nSPS) is 25.1. The van der Waals surface area contributed by atoms with Crippen molar-refractivity contribution in [2.75, 3.05) is 13.1 Å². The van der Waals surface area contributed by atoms with Crippen LogP contribution in [-0.4, -0.2) is 34.1 Å². The third-order valence-corrected chi connectivity index (χ3v) is 8.15. The summed E-state index contributed by atoms with van der Waals surface area (Å²) in [5.74, 6) is 2.42. The van der Waals surface area contributed by atoms with Gasteiger partial charge in [-0.05, 0) is 103 Å². The summed E-state index contributed by atoms with van der Waals surface area (Å²) in [6.07, 6.45) is 10.4. The van der Waals surface area contributed by atoms with Crippen LogP contribution in [0.5, 0.6) is 11.5 Å². The number of phenols is 2. The maximum Gasteiger partial charge on any atom is 0.222 e. The average molecular weight is 434 g/mol. The second-order valence-electron chi connectivity index (χ2n) is 10.1. The number of aromatic hydroxyl groups is 2. The highest BCUT2D eigenvalue weighted by molar-refractivity contribution is 5.76. The smallest absolute Gasteiger partial charge is 0.222 e. The number of aryl methyl sites for hydroxylation is 1. The SMILES string of the molecule is O=C(CCc1cc2c(cc1O)[C@@H]1CCCC[C@@H]1[C@H](c1ccc(O)cc1)C2)N1CCCCC1. The van der Waals surface area contributed by atoms with Gasteiger partial charge in [-0.3, -0.25) is 4.79 Å². The largest absolute Gasteiger partial charge is 0.508 e. The topological polar surface area (TPSA) is 60.8 Å². The van der Waals surface area contributed by atoms with Crippen LogP contribution in [0.25, 0.3) is 0 Å². The minimum absolute atomic E-state index is 0.219. The lowest BCUT2D eigenvalue weighted by Gasteiger charge is -2.43. The molecule has 1 saturated heterocycles. The number of carbonyl (C=O) groups is 1. The van der Waals surface area contributed by atoms with Gasteiger partial charge in [-0.25, -0.2) is 0 Å². The van der Waals surface area contributed by atoms with E-state index < -0.39 is 0 Å². The van der Waals surface area contributed by atoms with Crippen LogP contribution in [0.3, 0.4) is 0 Å². The van der Waals surface area contributed by atoms with Crippen molar-refractivity contribution >= 4 is 5.91 Å². The molecular formula is C28H35NO3. The summed E-state index contributed by atoms with van der Waals surface area (Å²) in [5.41, 5.74) is 4.88. The molecule has 0 radical (unpaired) electrons. The Hall–Kier alpha value is -2.49. The molecule has 2 aromatic carbocycles. The van der Waals surface area contributed by atoms with E-state index in [0.29, 0.717) is 42.1 Å². The number of nitrogens with zero attached hydrogens (tertiary/aromatic N) is 1. The first-order valence-electron chi connectivity index (χ1n) is 12.5. The Morgan fingerprint density at radius 3 is 2.44 bits per heavy atom. The number of phenolic OH excluding ortho intramolecular Hbond substituents is 2. The Morgan fingerprint density at radius 1 is 0.906 bits per heavy atom. The van der Waals surface area contributed by atoms with Crippen LogP contribution in [0.2, 0.25) is 0 Å². The molecule has 2 N–H and O–H groups in total. The Bertz CT molecular complexity index is 961. The predicted molar refractivity (Wildman–Crippen MR) is 126 cm³/mol. The van der Waals surface area contributed by atoms with Crippen molar-refractivity contribution in [2.45, 2.75) is 76.0 Å². The quantitative estimate of drug-likeness (QED) is 0.654. The molecule has 2 aromatic rings. The standard InChI is InChI=1S/C28H35NO3/c30-22-11-8-19(9-12-22)25-17-21-16-20(10-13-28(32)29-14-4-1-5-15-29)27(31)18-26(21)24-7-3-2-6-23(24)25/h8-9,11-12,16,18,23-25,30-31H,1-7,10,13-15,17H2/t23-,24+,25-/m0/s1. The molecule has 32 heavy (non-hydrogen) atoms. The summed E-state index contributed by atoms with van der Waals surface area (Å²) in [5, 5.41) is 20.6. The molecule has 1 saturated carbocycles. The lowest BCUT2D eigenvalue weighted by molar-refractivity contribution is -0.132. The van der Waals surface area contributed by atoms with Crippen LogP contribution >= 0.6 is 0 Å². The van der Waals surface area contributed by atoms with Gasteiger partial charge >= 0.3 is 0 Å². The van der Waals surface area contributed by atoms with Crippen molar-refractivity contribution in [3.05, 3.63) is 58.7 Å². The zero-order valence-electron chi connectivity index (χ0n) is 18.9. The zero-order valence-corrected chi connectivity index (χ0v) is 18.9. The number of benzene rings is 2. The van der Waals surface area contributed by atoms with Gasteiger partial charge in [0, 0.05) is 19.5 Å². The fourth-order valence-corrected chi connectivity index (χ4v) is 6.47. The number of piperidine rings is 1. The first-order chi connectivity index (χ1) is 15.6. The molecule has 0 spiro atoms. The number of likely N-dealkylation sites (tertiary alicyclic amines) is 1. The highest BCUT2D eigenvalue weighted by Crippen LogP contribution is 2.52. The Kier molecular flexibility index (Phi) is 6.12. The Morgan fingerprint density at radius 2 is 1.66 bits per heavy atom. The molecule has 3 aliphatic rings. The number of fused-ring (bicyclic) bond motifs is 3. The summed E-state index contributed by atoms with van der Waals surface area (Å²) in [6, 6.07) is 12.0. The van der Waals surface area contributed by atoms with Crippen molar-refractivity contribution in [1.82, 2.24) is 4.90 Å². The first-order valence-corrected chi connectivity index (χ1v) is 12.5. The summed E-state index contributed by atoms with van der Waals surface area (Å²) in [4.78, 5) is 14.6. The molecule has 0 unspecified atom stereocenters. The summed E-state index contributed by atoms with van der Waals surface area (Å²) < 4.78 is 0. The van der Waals surface area contributed by atoms with E-state index in [1.165, 1.54) is 48.8 Å². The van der Waals surface area contributed by atoms with E-state index in [1.807, 2.05) is 11.0 Å². The molecule has 3 atom stereocenters. The van der Waals surface area contributed by atoms with E-state index in [0.717, 1.165) is 37.9 Å². The molecule has 5 rings (SSSR count). The van der Waals surface area contributed by atoms with Crippen molar-refractivity contribution in [3.8, 4) is 11.5 Å². The minimum atomic E-state index is 0.219. The van der Waals surface area contributed by atoms with Gasteiger partial charge < -0.3 is 15.1 Å². The van der Waals surface area contributed by atoms with E-state index in [4.69, 9.17) is 0 Å². The molecule has 1 heterocycles. The van der Waals surface area contributed by atoms with Gasteiger partial charge in [0.2, 0.25) is 5.91 Å². The Balaban J connectivity index is 1.39. The molecule has 2 fully saturated rings. The third kappa shape index (κ3) is 4.24. The molecule has 1 aliphatic heterocycles. The van der Waals surface area contributed by atoms with Crippen LogP contribution in [0, 0.1) is 5.92 Å². The number of hydrogen-bond acceptors (Lipinski definition) is 3.